The van der Waals surface area contributed by atoms with Crippen molar-refractivity contribution in [1.29, 1.82) is 0 Å². The van der Waals surface area contributed by atoms with E-state index in [1.54, 1.807) is 0 Å². The minimum Gasteiger partial charge on any atom is -0.346 e. The van der Waals surface area contributed by atoms with E-state index < -0.39 is 0 Å². The first-order chi connectivity index (χ1) is 13.7. The highest BCUT2D eigenvalue weighted by atomic mass is 16.2. The molecule has 0 aromatic carbocycles. The number of H-pyrrole nitrogens is 2. The lowest BCUT2D eigenvalue weighted by molar-refractivity contribution is -0.122. The molecule has 0 spiro atoms. The highest BCUT2D eigenvalue weighted by Crippen LogP contribution is 2.13. The van der Waals surface area contributed by atoms with Gasteiger partial charge in [-0.1, -0.05) is 6.42 Å². The molecule has 2 rings (SSSR count). The first kappa shape index (κ1) is 22.6. The van der Waals surface area contributed by atoms with Gasteiger partial charge in [-0.25, -0.2) is 9.97 Å². The molecule has 0 aliphatic carbocycles. The Bertz CT molecular complexity index is 731. The third kappa shape index (κ3) is 6.73. The molecule has 0 aliphatic heterocycles. The normalized spacial score (nSPS) is 13.2. The number of rotatable bonds is 10. The van der Waals surface area contributed by atoms with Gasteiger partial charge in [0.05, 0.1) is 23.5 Å². The fourth-order valence-electron chi connectivity index (χ4n) is 3.07. The lowest BCUT2D eigenvalue weighted by Gasteiger charge is -2.12. The van der Waals surface area contributed by atoms with Gasteiger partial charge in [0.1, 0.15) is 11.6 Å². The van der Waals surface area contributed by atoms with Crippen LogP contribution in [0.25, 0.3) is 0 Å². The summed E-state index contributed by atoms with van der Waals surface area (Å²) in [6.07, 6.45) is 3.25. The Morgan fingerprint density at radius 1 is 0.759 bits per heavy atom. The Morgan fingerprint density at radius 2 is 1.14 bits per heavy atom. The number of unbranched alkanes of at least 4 members (excludes halogenated alkanes) is 2. The minimum atomic E-state index is -0.143. The molecule has 2 unspecified atom stereocenters. The molecule has 0 saturated heterocycles. The monoisotopic (exact) mass is 402 g/mol. The molecule has 2 amide bonds. The Kier molecular flexibility index (Phi) is 7.99. The number of hydrogen-bond acceptors (Lipinski definition) is 4. The number of aromatic amines is 2. The molecule has 0 bridgehead atoms. The molecule has 29 heavy (non-hydrogen) atoms. The van der Waals surface area contributed by atoms with E-state index in [4.69, 9.17) is 0 Å². The standard InChI is InChI=1S/C21H34N6O2/c1-12-13(2)25-20(24-12)16(5)22-18(28)10-8-7-9-11-19(29)23-17(6)21-26-14(3)15(4)27-21/h16-17H,7-11H2,1-6H3,(H,22,28)(H,23,29)(H,24,25)(H,26,27). The van der Waals surface area contributed by atoms with Crippen molar-refractivity contribution >= 4 is 11.8 Å². The molecule has 2 atom stereocenters. The van der Waals surface area contributed by atoms with Crippen LogP contribution in [-0.4, -0.2) is 31.8 Å². The van der Waals surface area contributed by atoms with Crippen molar-refractivity contribution in [2.45, 2.75) is 85.7 Å². The van der Waals surface area contributed by atoms with Crippen LogP contribution in [0.15, 0.2) is 0 Å². The maximum absolute atomic E-state index is 12.1. The summed E-state index contributed by atoms with van der Waals surface area (Å²) in [6, 6.07) is -0.285. The number of aromatic nitrogens is 4. The van der Waals surface area contributed by atoms with Crippen LogP contribution >= 0.6 is 0 Å². The maximum atomic E-state index is 12.1. The van der Waals surface area contributed by atoms with E-state index in [9.17, 15) is 9.59 Å². The van der Waals surface area contributed by atoms with Gasteiger partial charge >= 0.3 is 0 Å². The Balaban J connectivity index is 1.61. The predicted molar refractivity (Wildman–Crippen MR) is 112 cm³/mol. The SMILES string of the molecule is Cc1nc(C(C)NC(=O)CCCCCC(=O)NC(C)c2nc(C)c(C)[nH]2)[nH]c1C. The van der Waals surface area contributed by atoms with E-state index in [-0.39, 0.29) is 23.9 Å². The number of amides is 2. The van der Waals surface area contributed by atoms with Crippen molar-refractivity contribution in [3.05, 3.63) is 34.4 Å². The number of carbonyl (C=O) groups is 2. The van der Waals surface area contributed by atoms with Gasteiger partial charge in [0.2, 0.25) is 11.8 Å². The van der Waals surface area contributed by atoms with Gasteiger partial charge in [-0.2, -0.15) is 0 Å². The van der Waals surface area contributed by atoms with Crippen LogP contribution in [0.5, 0.6) is 0 Å². The smallest absolute Gasteiger partial charge is 0.220 e. The van der Waals surface area contributed by atoms with Crippen molar-refractivity contribution in [1.82, 2.24) is 30.6 Å². The molecule has 160 valence electrons. The number of nitrogens with zero attached hydrogens (tertiary/aromatic N) is 2. The van der Waals surface area contributed by atoms with Crippen LogP contribution in [-0.2, 0) is 9.59 Å². The summed E-state index contributed by atoms with van der Waals surface area (Å²) in [5.74, 6) is 1.57. The van der Waals surface area contributed by atoms with E-state index in [0.29, 0.717) is 12.8 Å². The summed E-state index contributed by atoms with van der Waals surface area (Å²) in [5, 5.41) is 5.93. The summed E-state index contributed by atoms with van der Waals surface area (Å²) in [6.45, 7) is 11.7. The molecule has 0 fully saturated rings. The zero-order valence-corrected chi connectivity index (χ0v) is 18.4. The molecular weight excluding hydrogens is 368 g/mol. The second-order valence-corrected chi connectivity index (χ2v) is 7.80. The van der Waals surface area contributed by atoms with Gasteiger partial charge in [0.15, 0.2) is 0 Å². The van der Waals surface area contributed by atoms with Crippen molar-refractivity contribution < 1.29 is 9.59 Å². The molecule has 0 saturated carbocycles. The maximum Gasteiger partial charge on any atom is 0.220 e. The third-order valence-electron chi connectivity index (χ3n) is 5.18. The third-order valence-corrected chi connectivity index (χ3v) is 5.18. The fraction of sp³-hybridized carbons (Fsp3) is 0.619. The van der Waals surface area contributed by atoms with Crippen LogP contribution < -0.4 is 10.6 Å². The minimum absolute atomic E-state index is 0.00541. The number of hydrogen-bond donors (Lipinski definition) is 4. The lowest BCUT2D eigenvalue weighted by atomic mass is 10.1. The quantitative estimate of drug-likeness (QED) is 0.456. The van der Waals surface area contributed by atoms with Crippen molar-refractivity contribution in [3.8, 4) is 0 Å². The fourth-order valence-corrected chi connectivity index (χ4v) is 3.07. The number of aryl methyl sites for hydroxylation is 4. The molecule has 8 heteroatoms. The molecule has 4 N–H and O–H groups in total. The van der Waals surface area contributed by atoms with Gasteiger partial charge < -0.3 is 20.6 Å². The first-order valence-corrected chi connectivity index (χ1v) is 10.3. The number of nitrogens with one attached hydrogen (secondary N) is 4. The van der Waals surface area contributed by atoms with E-state index in [2.05, 4.69) is 30.6 Å². The van der Waals surface area contributed by atoms with Gasteiger partial charge in [0, 0.05) is 24.2 Å². The molecule has 0 radical (unpaired) electrons. The highest BCUT2D eigenvalue weighted by Gasteiger charge is 2.15. The topological polar surface area (TPSA) is 116 Å². The zero-order chi connectivity index (χ0) is 21.6. The molecule has 0 aliphatic rings. The van der Waals surface area contributed by atoms with E-state index in [0.717, 1.165) is 53.7 Å². The number of carbonyl (C=O) groups excluding carboxylic acids is 2. The largest absolute Gasteiger partial charge is 0.346 e. The molecule has 2 aromatic rings. The number of imidazole rings is 2. The van der Waals surface area contributed by atoms with Crippen LogP contribution in [0, 0.1) is 27.7 Å². The summed E-state index contributed by atoms with van der Waals surface area (Å²) in [4.78, 5) is 39.4. The summed E-state index contributed by atoms with van der Waals surface area (Å²) in [5.41, 5.74) is 3.94. The van der Waals surface area contributed by atoms with E-state index in [1.165, 1.54) is 0 Å². The second-order valence-electron chi connectivity index (χ2n) is 7.80. The lowest BCUT2D eigenvalue weighted by Crippen LogP contribution is -2.27. The van der Waals surface area contributed by atoms with E-state index in [1.807, 2.05) is 41.5 Å². The van der Waals surface area contributed by atoms with Crippen LogP contribution in [0.4, 0.5) is 0 Å². The van der Waals surface area contributed by atoms with Crippen LogP contribution in [0.2, 0.25) is 0 Å². The van der Waals surface area contributed by atoms with Gasteiger partial charge in [-0.3, -0.25) is 9.59 Å². The molecule has 2 aromatic heterocycles. The Morgan fingerprint density at radius 3 is 1.45 bits per heavy atom. The van der Waals surface area contributed by atoms with Gasteiger partial charge in [-0.05, 0) is 54.4 Å². The molecule has 8 nitrogen and oxygen atoms in total. The van der Waals surface area contributed by atoms with E-state index >= 15 is 0 Å². The Hall–Kier alpha value is -2.64. The summed E-state index contributed by atoms with van der Waals surface area (Å²) in [7, 11) is 0. The zero-order valence-electron chi connectivity index (χ0n) is 18.4. The highest BCUT2D eigenvalue weighted by molar-refractivity contribution is 5.76. The van der Waals surface area contributed by atoms with Crippen molar-refractivity contribution in [3.63, 3.8) is 0 Å². The van der Waals surface area contributed by atoms with Crippen LogP contribution in [0.1, 0.15) is 92.5 Å². The summed E-state index contributed by atoms with van der Waals surface area (Å²) < 4.78 is 0. The molecule has 2 heterocycles. The summed E-state index contributed by atoms with van der Waals surface area (Å²) >= 11 is 0. The van der Waals surface area contributed by atoms with Gasteiger partial charge in [-0.15, -0.1) is 0 Å². The van der Waals surface area contributed by atoms with Crippen LogP contribution in [0.3, 0.4) is 0 Å². The predicted octanol–water partition coefficient (Wildman–Crippen LogP) is 3.37. The average Bonchev–Trinajstić information content (AvgIpc) is 3.16. The first-order valence-electron chi connectivity index (χ1n) is 10.3. The average molecular weight is 403 g/mol. The Labute approximate surface area is 172 Å². The molecular formula is C21H34N6O2. The second kappa shape index (κ2) is 10.2. The van der Waals surface area contributed by atoms with Crippen molar-refractivity contribution in [2.75, 3.05) is 0 Å². The van der Waals surface area contributed by atoms with Gasteiger partial charge in [0.25, 0.3) is 0 Å². The van der Waals surface area contributed by atoms with Crippen molar-refractivity contribution in [2.24, 2.45) is 0 Å².